The number of carbonyl (C=O) groups is 2. The molecule has 1 unspecified atom stereocenters. The zero-order valence-electron chi connectivity index (χ0n) is 17.8. The number of amides is 2. The van der Waals surface area contributed by atoms with Crippen molar-refractivity contribution in [3.63, 3.8) is 0 Å². The summed E-state index contributed by atoms with van der Waals surface area (Å²) in [5.41, 5.74) is 4.47. The largest absolute Gasteiger partial charge is 0.301 e. The van der Waals surface area contributed by atoms with Gasteiger partial charge in [0.05, 0.1) is 21.8 Å². The number of para-hydroxylation sites is 1. The van der Waals surface area contributed by atoms with E-state index in [1.54, 1.807) is 12.1 Å². The van der Waals surface area contributed by atoms with Crippen molar-refractivity contribution in [1.29, 1.82) is 0 Å². The number of thiazole rings is 2. The van der Waals surface area contributed by atoms with Gasteiger partial charge in [0, 0.05) is 10.4 Å². The Kier molecular flexibility index (Phi) is 5.48. The van der Waals surface area contributed by atoms with Gasteiger partial charge in [0.25, 0.3) is 5.91 Å². The molecule has 0 fully saturated rings. The number of aromatic nitrogens is 2. The van der Waals surface area contributed by atoms with Gasteiger partial charge in [-0.05, 0) is 56.9 Å². The molecule has 8 heteroatoms. The van der Waals surface area contributed by atoms with Crippen LogP contribution in [-0.2, 0) is 11.2 Å². The average molecular weight is 463 g/mol. The number of nitrogens with one attached hydrogen (secondary N) is 2. The first-order valence-corrected chi connectivity index (χ1v) is 12.2. The molecule has 6 nitrogen and oxygen atoms in total. The monoisotopic (exact) mass is 462 g/mol. The minimum atomic E-state index is -0.340. The molecule has 1 aliphatic carbocycles. The Morgan fingerprint density at radius 1 is 0.969 bits per heavy atom. The predicted octanol–water partition coefficient (Wildman–Crippen LogP) is 5.68. The molecule has 2 amide bonds. The van der Waals surface area contributed by atoms with E-state index in [1.807, 2.05) is 44.2 Å². The van der Waals surface area contributed by atoms with Gasteiger partial charge in [-0.15, -0.1) is 11.3 Å². The van der Waals surface area contributed by atoms with E-state index < -0.39 is 0 Å². The van der Waals surface area contributed by atoms with E-state index >= 15 is 0 Å². The number of nitrogens with zero attached hydrogens (tertiary/aromatic N) is 2. The molecule has 0 radical (unpaired) electrons. The highest BCUT2D eigenvalue weighted by Crippen LogP contribution is 2.38. The number of hydrogen-bond acceptors (Lipinski definition) is 6. The third kappa shape index (κ3) is 4.03. The molecule has 0 spiro atoms. The number of benzene rings is 2. The third-order valence-electron chi connectivity index (χ3n) is 5.66. The summed E-state index contributed by atoms with van der Waals surface area (Å²) in [6.45, 7) is 4.00. The van der Waals surface area contributed by atoms with Crippen LogP contribution < -0.4 is 10.6 Å². The van der Waals surface area contributed by atoms with Crippen molar-refractivity contribution >= 4 is 55.0 Å². The second-order valence-corrected chi connectivity index (χ2v) is 10.1. The van der Waals surface area contributed by atoms with Crippen molar-refractivity contribution in [2.45, 2.75) is 39.0 Å². The smallest absolute Gasteiger partial charge is 0.257 e. The summed E-state index contributed by atoms with van der Waals surface area (Å²) in [6.07, 6.45) is 2.52. The molecule has 2 aromatic heterocycles. The Balaban J connectivity index is 1.34. The molecular formula is C24H22N4O2S2. The molecule has 2 N–H and O–H groups in total. The van der Waals surface area contributed by atoms with Crippen molar-refractivity contribution in [3.8, 4) is 0 Å². The summed E-state index contributed by atoms with van der Waals surface area (Å²) in [5, 5.41) is 7.03. The van der Waals surface area contributed by atoms with Gasteiger partial charge in [0.1, 0.15) is 0 Å². The fraction of sp³-hybridized carbons (Fsp3) is 0.250. The first kappa shape index (κ1) is 20.8. The van der Waals surface area contributed by atoms with Crippen LogP contribution in [-0.4, -0.2) is 21.8 Å². The number of fused-ring (bicyclic) bond motifs is 2. The van der Waals surface area contributed by atoms with Crippen molar-refractivity contribution in [2.75, 3.05) is 10.6 Å². The van der Waals surface area contributed by atoms with Gasteiger partial charge < -0.3 is 5.32 Å². The highest BCUT2D eigenvalue weighted by Gasteiger charge is 2.31. The molecule has 5 rings (SSSR count). The Morgan fingerprint density at radius 3 is 2.53 bits per heavy atom. The lowest BCUT2D eigenvalue weighted by Crippen LogP contribution is -2.24. The molecule has 2 aromatic carbocycles. The highest BCUT2D eigenvalue weighted by molar-refractivity contribution is 7.22. The maximum Gasteiger partial charge on any atom is 0.257 e. The van der Waals surface area contributed by atoms with Crippen LogP contribution >= 0.6 is 22.7 Å². The maximum absolute atomic E-state index is 13.1. The maximum atomic E-state index is 13.1. The first-order valence-electron chi connectivity index (χ1n) is 10.5. The van der Waals surface area contributed by atoms with E-state index in [0.717, 1.165) is 51.2 Å². The predicted molar refractivity (Wildman–Crippen MR) is 130 cm³/mol. The van der Waals surface area contributed by atoms with Crippen LogP contribution in [0.3, 0.4) is 0 Å². The van der Waals surface area contributed by atoms with Crippen molar-refractivity contribution in [3.05, 3.63) is 69.7 Å². The zero-order chi connectivity index (χ0) is 22.2. The summed E-state index contributed by atoms with van der Waals surface area (Å²) in [6, 6.07) is 13.4. The molecule has 1 aliphatic rings. The van der Waals surface area contributed by atoms with Gasteiger partial charge >= 0.3 is 0 Å². The lowest BCUT2D eigenvalue weighted by atomic mass is 9.90. The van der Waals surface area contributed by atoms with E-state index in [0.29, 0.717) is 15.8 Å². The summed E-state index contributed by atoms with van der Waals surface area (Å²) in [4.78, 5) is 36.0. The average Bonchev–Trinajstić information content (AvgIpc) is 3.37. The third-order valence-corrected chi connectivity index (χ3v) is 7.64. The van der Waals surface area contributed by atoms with Crippen molar-refractivity contribution in [1.82, 2.24) is 9.97 Å². The number of carbonyl (C=O) groups excluding carboxylic acids is 2. The van der Waals surface area contributed by atoms with Gasteiger partial charge in [-0.3, -0.25) is 14.9 Å². The number of anilines is 2. The van der Waals surface area contributed by atoms with Crippen LogP contribution in [0.15, 0.2) is 42.5 Å². The highest BCUT2D eigenvalue weighted by atomic mass is 32.1. The summed E-state index contributed by atoms with van der Waals surface area (Å²) in [5.74, 6) is -0.626. The molecular weight excluding hydrogens is 440 g/mol. The Morgan fingerprint density at radius 2 is 1.75 bits per heavy atom. The quantitative estimate of drug-likeness (QED) is 0.409. The topological polar surface area (TPSA) is 84.0 Å². The lowest BCUT2D eigenvalue weighted by Gasteiger charge is -2.19. The molecule has 2 heterocycles. The summed E-state index contributed by atoms with van der Waals surface area (Å²) >= 11 is 2.94. The van der Waals surface area contributed by atoms with Gasteiger partial charge in [0.2, 0.25) is 5.91 Å². The molecule has 0 saturated heterocycles. The molecule has 0 saturated carbocycles. The van der Waals surface area contributed by atoms with Crippen LogP contribution in [0.25, 0.3) is 10.2 Å². The second kappa shape index (κ2) is 8.44. The normalized spacial score (nSPS) is 15.4. The van der Waals surface area contributed by atoms with Crippen LogP contribution in [0.2, 0.25) is 0 Å². The van der Waals surface area contributed by atoms with E-state index in [-0.39, 0.29) is 17.7 Å². The Bertz CT molecular complexity index is 1320. The van der Waals surface area contributed by atoms with Crippen molar-refractivity contribution < 1.29 is 9.59 Å². The molecule has 32 heavy (non-hydrogen) atoms. The minimum absolute atomic E-state index is 0.0932. The minimum Gasteiger partial charge on any atom is -0.301 e. The fourth-order valence-electron chi connectivity index (χ4n) is 3.93. The fourth-order valence-corrected chi connectivity index (χ4v) is 5.94. The van der Waals surface area contributed by atoms with E-state index in [9.17, 15) is 9.59 Å². The molecule has 1 atom stereocenters. The van der Waals surface area contributed by atoms with E-state index in [2.05, 4.69) is 20.6 Å². The first-order chi connectivity index (χ1) is 15.5. The second-order valence-electron chi connectivity index (χ2n) is 8.02. The SMILES string of the molecule is Cc1ccc(C(=O)Nc2nc3c(s2)CCCC3C(=O)Nc2nc3c(C)cccc3s2)cc1. The number of aryl methyl sites for hydroxylation is 3. The van der Waals surface area contributed by atoms with Crippen LogP contribution in [0.5, 0.6) is 0 Å². The van der Waals surface area contributed by atoms with Crippen LogP contribution in [0.1, 0.15) is 50.8 Å². The van der Waals surface area contributed by atoms with E-state index in [4.69, 9.17) is 0 Å². The van der Waals surface area contributed by atoms with Crippen molar-refractivity contribution in [2.24, 2.45) is 0 Å². The number of rotatable bonds is 4. The number of hydrogen-bond donors (Lipinski definition) is 2. The van der Waals surface area contributed by atoms with Gasteiger partial charge in [-0.25, -0.2) is 9.97 Å². The molecule has 0 aliphatic heterocycles. The standard InChI is InChI=1S/C24H22N4O2S2/c1-13-9-11-15(12-10-13)21(29)27-24-26-20-16(6-4-8-18(20)32-24)22(30)28-23-25-19-14(2)5-3-7-17(19)31-23/h3,5,7,9-12,16H,4,6,8H2,1-2H3,(H,25,28,30)(H,26,27,29). The van der Waals surface area contributed by atoms with Gasteiger partial charge in [0.15, 0.2) is 10.3 Å². The lowest BCUT2D eigenvalue weighted by molar-refractivity contribution is -0.117. The summed E-state index contributed by atoms with van der Waals surface area (Å²) in [7, 11) is 0. The van der Waals surface area contributed by atoms with Gasteiger partial charge in [-0.1, -0.05) is 41.2 Å². The van der Waals surface area contributed by atoms with Gasteiger partial charge in [-0.2, -0.15) is 0 Å². The Labute approximate surface area is 193 Å². The Hall–Kier alpha value is -3.10. The van der Waals surface area contributed by atoms with Crippen LogP contribution in [0, 0.1) is 13.8 Å². The molecule has 162 valence electrons. The zero-order valence-corrected chi connectivity index (χ0v) is 19.4. The molecule has 4 aromatic rings. The van der Waals surface area contributed by atoms with Crippen LogP contribution in [0.4, 0.5) is 10.3 Å². The summed E-state index contributed by atoms with van der Waals surface area (Å²) < 4.78 is 1.05. The molecule has 0 bridgehead atoms. The van der Waals surface area contributed by atoms with E-state index in [1.165, 1.54) is 22.7 Å².